The maximum absolute atomic E-state index is 5.45. The summed E-state index contributed by atoms with van der Waals surface area (Å²) in [7, 11) is 0. The van der Waals surface area contributed by atoms with Crippen molar-refractivity contribution in [1.29, 1.82) is 0 Å². The topological polar surface area (TPSA) is 25.8 Å². The van der Waals surface area contributed by atoms with E-state index in [1.165, 1.54) is 19.4 Å². The molecule has 2 atom stereocenters. The van der Waals surface area contributed by atoms with Gasteiger partial charge in [-0.3, -0.25) is 0 Å². The molecule has 0 aromatic carbocycles. The third kappa shape index (κ3) is 0.644. The van der Waals surface area contributed by atoms with Crippen LogP contribution in [-0.2, 0) is 4.74 Å². The van der Waals surface area contributed by atoms with E-state index in [9.17, 15) is 0 Å². The summed E-state index contributed by atoms with van der Waals surface area (Å²) in [5, 5.41) is 2.41. The van der Waals surface area contributed by atoms with Crippen molar-refractivity contribution in [2.45, 2.75) is 25.0 Å². The van der Waals surface area contributed by atoms with Crippen molar-refractivity contribution < 1.29 is 10.1 Å². The molecule has 2 heteroatoms. The number of rotatable bonds is 0. The first-order valence-corrected chi connectivity index (χ1v) is 3.40. The maximum Gasteiger partial charge on any atom is 0.110 e. The molecule has 2 N–H and O–H groups in total. The van der Waals surface area contributed by atoms with Gasteiger partial charge in [0.05, 0.1) is 6.61 Å². The molecule has 0 amide bonds. The van der Waals surface area contributed by atoms with Crippen LogP contribution in [0.1, 0.15) is 12.8 Å². The molecule has 3 saturated heterocycles. The van der Waals surface area contributed by atoms with Gasteiger partial charge in [-0.1, -0.05) is 0 Å². The minimum Gasteiger partial charge on any atom is -0.366 e. The van der Waals surface area contributed by atoms with E-state index in [0.717, 1.165) is 12.6 Å². The predicted molar refractivity (Wildman–Crippen MR) is 29.6 cm³/mol. The van der Waals surface area contributed by atoms with Gasteiger partial charge in [-0.15, -0.1) is 0 Å². The first kappa shape index (κ1) is 4.77. The number of fused-ring (bicyclic) bond motifs is 3. The molecular formula is C6H12NO+. The van der Waals surface area contributed by atoms with Gasteiger partial charge >= 0.3 is 0 Å². The van der Waals surface area contributed by atoms with E-state index in [1.54, 1.807) is 0 Å². The van der Waals surface area contributed by atoms with E-state index in [4.69, 9.17) is 4.74 Å². The zero-order valence-electron chi connectivity index (χ0n) is 4.97. The highest BCUT2D eigenvalue weighted by Crippen LogP contribution is 2.13. The average molecular weight is 114 g/mol. The molecule has 46 valence electrons. The molecule has 0 aliphatic carbocycles. The van der Waals surface area contributed by atoms with Crippen molar-refractivity contribution in [3.8, 4) is 0 Å². The highest BCUT2D eigenvalue weighted by atomic mass is 16.5. The van der Waals surface area contributed by atoms with Crippen LogP contribution < -0.4 is 5.32 Å². The van der Waals surface area contributed by atoms with Gasteiger partial charge in [0.25, 0.3) is 0 Å². The van der Waals surface area contributed by atoms with Crippen LogP contribution in [0, 0.1) is 0 Å². The van der Waals surface area contributed by atoms with Gasteiger partial charge in [0.2, 0.25) is 0 Å². The summed E-state index contributed by atoms with van der Waals surface area (Å²) in [6, 6.07) is 0.806. The molecule has 2 unspecified atom stereocenters. The van der Waals surface area contributed by atoms with Gasteiger partial charge in [-0.2, -0.15) is 0 Å². The van der Waals surface area contributed by atoms with Crippen molar-refractivity contribution >= 4 is 0 Å². The summed E-state index contributed by atoms with van der Waals surface area (Å²) >= 11 is 0. The van der Waals surface area contributed by atoms with Crippen molar-refractivity contribution in [2.75, 3.05) is 13.2 Å². The quantitative estimate of drug-likeness (QED) is 0.434. The Bertz CT molecular complexity index is 63.5. The van der Waals surface area contributed by atoms with Crippen LogP contribution in [0.15, 0.2) is 0 Å². The van der Waals surface area contributed by atoms with Crippen LogP contribution in [0.4, 0.5) is 0 Å². The molecule has 0 aromatic rings. The summed E-state index contributed by atoms with van der Waals surface area (Å²) in [5.74, 6) is 0. The second-order valence-electron chi connectivity index (χ2n) is 2.76. The Hall–Kier alpha value is -0.0800. The number of nitrogens with two attached hydrogens (primary N) is 1. The Kier molecular flexibility index (Phi) is 1.02. The van der Waals surface area contributed by atoms with Crippen LogP contribution in [-0.4, -0.2) is 25.3 Å². The summed E-state index contributed by atoms with van der Waals surface area (Å²) < 4.78 is 5.45. The van der Waals surface area contributed by atoms with Gasteiger partial charge in [0, 0.05) is 6.42 Å². The van der Waals surface area contributed by atoms with Gasteiger partial charge in [0.15, 0.2) is 0 Å². The monoisotopic (exact) mass is 114 g/mol. The number of hydrogen-bond donors (Lipinski definition) is 1. The Morgan fingerprint density at radius 1 is 1.38 bits per heavy atom. The van der Waals surface area contributed by atoms with E-state index in [-0.39, 0.29) is 0 Å². The molecule has 3 rings (SSSR count). The molecule has 0 radical (unpaired) electrons. The minimum absolute atomic E-state index is 0.597. The Morgan fingerprint density at radius 2 is 2.38 bits per heavy atom. The van der Waals surface area contributed by atoms with E-state index in [0.29, 0.717) is 6.10 Å². The van der Waals surface area contributed by atoms with Crippen LogP contribution in [0.25, 0.3) is 0 Å². The maximum atomic E-state index is 5.45. The SMILES string of the molecule is C1CC2C[NH2+]C1CO2. The number of morpholine rings is 1. The number of piperidine rings is 1. The normalized spacial score (nSPS) is 45.0. The molecule has 8 heavy (non-hydrogen) atoms. The number of hydrogen-bond acceptors (Lipinski definition) is 1. The molecular weight excluding hydrogens is 102 g/mol. The van der Waals surface area contributed by atoms with Crippen molar-refractivity contribution in [3.05, 3.63) is 0 Å². The van der Waals surface area contributed by atoms with Crippen LogP contribution in [0.3, 0.4) is 0 Å². The Balaban J connectivity index is 2.03. The molecule has 3 aliphatic heterocycles. The highest BCUT2D eigenvalue weighted by Gasteiger charge is 2.30. The molecule has 0 spiro atoms. The summed E-state index contributed by atoms with van der Waals surface area (Å²) in [4.78, 5) is 0. The van der Waals surface area contributed by atoms with Crippen LogP contribution in [0.2, 0.25) is 0 Å². The lowest BCUT2D eigenvalue weighted by Gasteiger charge is -2.33. The fourth-order valence-electron chi connectivity index (χ4n) is 1.54. The second kappa shape index (κ2) is 1.71. The van der Waals surface area contributed by atoms with E-state index < -0.39 is 0 Å². The lowest BCUT2D eigenvalue weighted by Crippen LogP contribution is -2.96. The fourth-order valence-corrected chi connectivity index (χ4v) is 1.54. The van der Waals surface area contributed by atoms with Gasteiger partial charge < -0.3 is 10.1 Å². The van der Waals surface area contributed by atoms with Gasteiger partial charge in [-0.25, -0.2) is 0 Å². The summed E-state index contributed by atoms with van der Waals surface area (Å²) in [6.07, 6.45) is 3.28. The zero-order valence-corrected chi connectivity index (χ0v) is 4.97. The van der Waals surface area contributed by atoms with E-state index in [1.807, 2.05) is 0 Å². The van der Waals surface area contributed by atoms with Crippen molar-refractivity contribution in [2.24, 2.45) is 0 Å². The molecule has 2 bridgehead atoms. The smallest absolute Gasteiger partial charge is 0.110 e. The third-order valence-electron chi connectivity index (χ3n) is 2.14. The minimum atomic E-state index is 0.597. The molecule has 2 nitrogen and oxygen atoms in total. The largest absolute Gasteiger partial charge is 0.366 e. The van der Waals surface area contributed by atoms with E-state index >= 15 is 0 Å². The molecule has 0 aromatic heterocycles. The van der Waals surface area contributed by atoms with Crippen molar-refractivity contribution in [3.63, 3.8) is 0 Å². The second-order valence-corrected chi connectivity index (χ2v) is 2.76. The lowest BCUT2D eigenvalue weighted by atomic mass is 10.0. The Morgan fingerprint density at radius 3 is 2.50 bits per heavy atom. The third-order valence-corrected chi connectivity index (χ3v) is 2.14. The standard InChI is InChI=1S/C6H11NO/c1-2-6-3-7-5(1)4-8-6/h5-7H,1-4H2/p+1. The first-order chi connectivity index (χ1) is 3.95. The highest BCUT2D eigenvalue weighted by molar-refractivity contribution is 4.71. The molecule has 0 saturated carbocycles. The molecule has 3 aliphatic rings. The first-order valence-electron chi connectivity index (χ1n) is 3.40. The molecule has 3 heterocycles. The van der Waals surface area contributed by atoms with Crippen molar-refractivity contribution in [1.82, 2.24) is 0 Å². The fraction of sp³-hybridized carbons (Fsp3) is 1.00. The summed E-state index contributed by atoms with van der Waals surface area (Å²) in [5.41, 5.74) is 0. The number of quaternary nitrogens is 1. The Labute approximate surface area is 49.2 Å². The predicted octanol–water partition coefficient (Wildman–Crippen LogP) is -0.889. The summed E-state index contributed by atoms with van der Waals surface area (Å²) in [6.45, 7) is 2.22. The average Bonchev–Trinajstić information content (AvgIpc) is 1.92. The zero-order chi connectivity index (χ0) is 5.40. The number of ether oxygens (including phenoxy) is 1. The van der Waals surface area contributed by atoms with Crippen LogP contribution in [0.5, 0.6) is 0 Å². The van der Waals surface area contributed by atoms with Crippen LogP contribution >= 0.6 is 0 Å². The van der Waals surface area contributed by atoms with E-state index in [2.05, 4.69) is 5.32 Å². The molecule has 3 fully saturated rings. The lowest BCUT2D eigenvalue weighted by molar-refractivity contribution is -0.721. The van der Waals surface area contributed by atoms with Gasteiger partial charge in [0.1, 0.15) is 18.7 Å². The van der Waals surface area contributed by atoms with Gasteiger partial charge in [-0.05, 0) is 6.42 Å².